The smallest absolute Gasteiger partial charge is 0.399 e. The minimum Gasteiger partial charge on any atom is -0.399 e. The van der Waals surface area contributed by atoms with E-state index in [4.69, 9.17) is 9.31 Å². The van der Waals surface area contributed by atoms with E-state index in [0.717, 1.165) is 36.0 Å². The number of amides is 1. The molecule has 0 aromatic heterocycles. The summed E-state index contributed by atoms with van der Waals surface area (Å²) in [5.41, 5.74) is 2.12. The highest BCUT2D eigenvalue weighted by molar-refractivity contribution is 6.62. The molecule has 0 spiro atoms. The third-order valence-corrected chi connectivity index (χ3v) is 5.37. The van der Waals surface area contributed by atoms with Gasteiger partial charge in [-0.3, -0.25) is 4.79 Å². The summed E-state index contributed by atoms with van der Waals surface area (Å²) in [6.45, 7) is 11.8. The van der Waals surface area contributed by atoms with Crippen LogP contribution in [0.5, 0.6) is 0 Å². The Bertz CT molecular complexity index is 611. The van der Waals surface area contributed by atoms with Crippen molar-refractivity contribution in [2.24, 2.45) is 0 Å². The van der Waals surface area contributed by atoms with Gasteiger partial charge in [0.1, 0.15) is 0 Å². The van der Waals surface area contributed by atoms with Crippen LogP contribution < -0.4 is 5.46 Å². The molecule has 0 bridgehead atoms. The first-order valence-corrected chi connectivity index (χ1v) is 8.53. The minimum absolute atomic E-state index is 0.131. The van der Waals surface area contributed by atoms with E-state index in [0.29, 0.717) is 6.54 Å². The molecule has 0 saturated carbocycles. The first-order chi connectivity index (χ1) is 10.8. The van der Waals surface area contributed by atoms with Crippen LogP contribution in [0.25, 0.3) is 0 Å². The lowest BCUT2D eigenvalue weighted by molar-refractivity contribution is 0.00578. The summed E-state index contributed by atoms with van der Waals surface area (Å²) in [5, 5.41) is 0. The monoisotopic (exact) mass is 315 g/mol. The van der Waals surface area contributed by atoms with Crippen molar-refractivity contribution in [3.63, 3.8) is 0 Å². The Hall–Kier alpha value is -1.33. The Kier molecular flexibility index (Phi) is 4.05. The summed E-state index contributed by atoms with van der Waals surface area (Å²) in [6, 6.07) is 5.87. The molecule has 1 aromatic rings. The van der Waals surface area contributed by atoms with Gasteiger partial charge in [-0.2, -0.15) is 0 Å². The molecule has 5 heteroatoms. The Morgan fingerprint density at radius 3 is 2.43 bits per heavy atom. The third-order valence-electron chi connectivity index (χ3n) is 5.37. The molecule has 0 N–H and O–H groups in total. The van der Waals surface area contributed by atoms with Crippen LogP contribution in [0.15, 0.2) is 18.2 Å². The molecule has 0 unspecified atom stereocenters. The van der Waals surface area contributed by atoms with Gasteiger partial charge in [-0.15, -0.1) is 0 Å². The Morgan fingerprint density at radius 2 is 1.83 bits per heavy atom. The zero-order valence-electron chi connectivity index (χ0n) is 14.8. The molecule has 1 saturated heterocycles. The zero-order valence-corrected chi connectivity index (χ0v) is 14.8. The molecular formula is C18H26BNO3. The molecule has 1 aromatic carbocycles. The fourth-order valence-corrected chi connectivity index (χ4v) is 3.13. The van der Waals surface area contributed by atoms with E-state index < -0.39 is 7.12 Å². The number of rotatable bonds is 4. The second kappa shape index (κ2) is 5.64. The maximum atomic E-state index is 12.6. The van der Waals surface area contributed by atoms with E-state index in [9.17, 15) is 4.79 Å². The van der Waals surface area contributed by atoms with Crippen molar-refractivity contribution in [1.29, 1.82) is 0 Å². The quantitative estimate of drug-likeness (QED) is 0.802. The van der Waals surface area contributed by atoms with Gasteiger partial charge in [0.2, 0.25) is 0 Å². The van der Waals surface area contributed by atoms with E-state index in [1.54, 1.807) is 0 Å². The summed E-state index contributed by atoms with van der Waals surface area (Å²) in [5.74, 6) is 0.131. The molecule has 23 heavy (non-hydrogen) atoms. The highest BCUT2D eigenvalue weighted by Crippen LogP contribution is 2.37. The van der Waals surface area contributed by atoms with Crippen LogP contribution in [0.3, 0.4) is 0 Å². The number of carbonyl (C=O) groups is 1. The van der Waals surface area contributed by atoms with E-state index in [2.05, 4.69) is 34.6 Å². The van der Waals surface area contributed by atoms with Crippen molar-refractivity contribution >= 4 is 18.5 Å². The highest BCUT2D eigenvalue weighted by atomic mass is 16.7. The lowest BCUT2D eigenvalue weighted by atomic mass is 9.75. The molecule has 2 aliphatic rings. The number of nitrogens with zero attached hydrogens (tertiary/aromatic N) is 1. The second-order valence-electron chi connectivity index (χ2n) is 7.54. The normalized spacial score (nSPS) is 21.9. The summed E-state index contributed by atoms with van der Waals surface area (Å²) < 4.78 is 12.3. The fourth-order valence-electron chi connectivity index (χ4n) is 3.13. The van der Waals surface area contributed by atoms with E-state index in [1.807, 2.05) is 23.1 Å². The van der Waals surface area contributed by atoms with Gasteiger partial charge in [-0.05, 0) is 51.2 Å². The van der Waals surface area contributed by atoms with E-state index in [1.165, 1.54) is 0 Å². The van der Waals surface area contributed by atoms with Crippen LogP contribution >= 0.6 is 0 Å². The maximum Gasteiger partial charge on any atom is 0.495 e. The topological polar surface area (TPSA) is 38.8 Å². The van der Waals surface area contributed by atoms with Crippen LogP contribution in [-0.4, -0.2) is 35.7 Å². The van der Waals surface area contributed by atoms with E-state index >= 15 is 0 Å². The summed E-state index contributed by atoms with van der Waals surface area (Å²) in [4.78, 5) is 14.5. The summed E-state index contributed by atoms with van der Waals surface area (Å²) in [7, 11) is -0.408. The highest BCUT2D eigenvalue weighted by Gasteiger charge is 2.52. The Morgan fingerprint density at radius 1 is 1.17 bits per heavy atom. The second-order valence-corrected chi connectivity index (χ2v) is 7.54. The minimum atomic E-state index is -0.408. The van der Waals surface area contributed by atoms with Gasteiger partial charge in [-0.1, -0.05) is 25.5 Å². The van der Waals surface area contributed by atoms with Crippen LogP contribution in [0, 0.1) is 0 Å². The first kappa shape index (κ1) is 16.5. The van der Waals surface area contributed by atoms with Crippen LogP contribution in [0.4, 0.5) is 0 Å². The number of unbranched alkanes of at least 4 members (excludes halogenated alkanes) is 1. The van der Waals surface area contributed by atoms with Gasteiger partial charge in [0.15, 0.2) is 0 Å². The molecular weight excluding hydrogens is 289 g/mol. The fraction of sp³-hybridized carbons (Fsp3) is 0.611. The molecule has 0 radical (unpaired) electrons. The van der Waals surface area contributed by atoms with Crippen LogP contribution in [-0.2, 0) is 15.9 Å². The van der Waals surface area contributed by atoms with Crippen molar-refractivity contribution in [2.75, 3.05) is 6.54 Å². The maximum absolute atomic E-state index is 12.6. The van der Waals surface area contributed by atoms with E-state index in [-0.39, 0.29) is 17.1 Å². The number of hydrogen-bond donors (Lipinski definition) is 0. The molecule has 124 valence electrons. The lowest BCUT2D eigenvalue weighted by Crippen LogP contribution is -2.41. The van der Waals surface area contributed by atoms with Gasteiger partial charge in [0.05, 0.1) is 11.2 Å². The molecule has 2 aliphatic heterocycles. The Balaban J connectivity index is 1.90. The third kappa shape index (κ3) is 2.70. The number of benzene rings is 1. The van der Waals surface area contributed by atoms with Gasteiger partial charge in [0, 0.05) is 18.7 Å². The molecule has 0 aliphatic carbocycles. The summed E-state index contributed by atoms with van der Waals surface area (Å²) in [6.07, 6.45) is 2.12. The number of hydrogen-bond acceptors (Lipinski definition) is 3. The standard InChI is InChI=1S/C18H26BNO3/c1-6-7-11-20-12-14-13(16(20)21)9-8-10-15(14)19-22-17(2,3)18(4,5)23-19/h8-10H,6-7,11-12H2,1-5H3. The first-order valence-electron chi connectivity index (χ1n) is 8.53. The number of fused-ring (bicyclic) bond motifs is 1. The van der Waals surface area contributed by atoms with Gasteiger partial charge >= 0.3 is 7.12 Å². The predicted molar refractivity (Wildman–Crippen MR) is 91.8 cm³/mol. The largest absolute Gasteiger partial charge is 0.495 e. The van der Waals surface area contributed by atoms with Crippen molar-refractivity contribution in [2.45, 2.75) is 65.2 Å². The lowest BCUT2D eigenvalue weighted by Gasteiger charge is -2.32. The molecule has 3 rings (SSSR count). The van der Waals surface area contributed by atoms with Crippen molar-refractivity contribution in [1.82, 2.24) is 4.90 Å². The zero-order chi connectivity index (χ0) is 16.8. The van der Waals surface area contributed by atoms with Crippen LogP contribution in [0.2, 0.25) is 0 Å². The van der Waals surface area contributed by atoms with Gasteiger partial charge in [0.25, 0.3) is 5.91 Å². The molecule has 1 fully saturated rings. The predicted octanol–water partition coefficient (Wildman–Crippen LogP) is 2.74. The molecule has 4 nitrogen and oxygen atoms in total. The van der Waals surface area contributed by atoms with Crippen molar-refractivity contribution in [3.8, 4) is 0 Å². The average Bonchev–Trinajstić information content (AvgIpc) is 2.91. The SMILES string of the molecule is CCCCN1Cc2c(B3OC(C)(C)C(C)(C)O3)cccc2C1=O. The van der Waals surface area contributed by atoms with Crippen LogP contribution in [0.1, 0.15) is 63.4 Å². The van der Waals surface area contributed by atoms with Crippen molar-refractivity contribution in [3.05, 3.63) is 29.3 Å². The van der Waals surface area contributed by atoms with Crippen molar-refractivity contribution < 1.29 is 14.1 Å². The average molecular weight is 315 g/mol. The van der Waals surface area contributed by atoms with Gasteiger partial charge < -0.3 is 14.2 Å². The van der Waals surface area contributed by atoms with Gasteiger partial charge in [-0.25, -0.2) is 0 Å². The number of carbonyl (C=O) groups excluding carboxylic acids is 1. The molecule has 2 heterocycles. The Labute approximate surface area is 139 Å². The summed E-state index contributed by atoms with van der Waals surface area (Å²) >= 11 is 0. The molecule has 0 atom stereocenters. The molecule has 1 amide bonds.